The van der Waals surface area contributed by atoms with Crippen LogP contribution in [-0.2, 0) is 6.42 Å². The van der Waals surface area contributed by atoms with Crippen LogP contribution in [0.25, 0.3) is 0 Å². The van der Waals surface area contributed by atoms with E-state index in [1.54, 1.807) is 0 Å². The Hall–Kier alpha value is -0.820. The van der Waals surface area contributed by atoms with Crippen LogP contribution in [0.2, 0.25) is 0 Å². The molecule has 1 aromatic rings. The number of rotatable bonds is 2. The van der Waals surface area contributed by atoms with Crippen molar-refractivity contribution in [2.45, 2.75) is 44.6 Å². The lowest BCUT2D eigenvalue weighted by atomic mass is 9.91. The second-order valence-electron chi connectivity index (χ2n) is 4.84. The minimum atomic E-state index is 0.446. The first-order valence-corrected chi connectivity index (χ1v) is 6.14. The quantitative estimate of drug-likeness (QED) is 0.734. The zero-order valence-corrected chi connectivity index (χ0v) is 9.36. The Labute approximate surface area is 92.7 Å². The lowest BCUT2D eigenvalue weighted by Gasteiger charge is -2.16. The van der Waals surface area contributed by atoms with Gasteiger partial charge in [-0.25, -0.2) is 0 Å². The van der Waals surface area contributed by atoms with E-state index in [2.05, 4.69) is 30.3 Å². The third-order valence-corrected chi connectivity index (χ3v) is 3.44. The van der Waals surface area contributed by atoms with E-state index in [0.29, 0.717) is 6.04 Å². The van der Waals surface area contributed by atoms with Crippen LogP contribution < -0.4 is 5.73 Å². The van der Waals surface area contributed by atoms with Crippen molar-refractivity contribution >= 4 is 0 Å². The average Bonchev–Trinajstić information content (AvgIpc) is 2.44. The molecule has 2 atom stereocenters. The van der Waals surface area contributed by atoms with Gasteiger partial charge >= 0.3 is 0 Å². The monoisotopic (exact) mass is 203 g/mol. The fourth-order valence-electron chi connectivity index (χ4n) is 2.64. The second-order valence-corrected chi connectivity index (χ2v) is 4.84. The smallest absolute Gasteiger partial charge is 0.00415 e. The van der Waals surface area contributed by atoms with Crippen LogP contribution in [0.15, 0.2) is 30.3 Å². The molecule has 0 aliphatic heterocycles. The number of hydrogen-bond donors (Lipinski definition) is 1. The Kier molecular flexibility index (Phi) is 3.79. The van der Waals surface area contributed by atoms with Crippen molar-refractivity contribution in [2.75, 3.05) is 0 Å². The van der Waals surface area contributed by atoms with Gasteiger partial charge < -0.3 is 5.73 Å². The lowest BCUT2D eigenvalue weighted by Crippen LogP contribution is -2.22. The van der Waals surface area contributed by atoms with Gasteiger partial charge in [0.15, 0.2) is 0 Å². The summed E-state index contributed by atoms with van der Waals surface area (Å²) in [4.78, 5) is 0. The molecule has 0 aromatic heterocycles. The average molecular weight is 203 g/mol. The molecular formula is C14H21N. The van der Waals surface area contributed by atoms with E-state index in [9.17, 15) is 0 Å². The zero-order valence-electron chi connectivity index (χ0n) is 9.36. The third kappa shape index (κ3) is 3.35. The molecule has 0 heterocycles. The van der Waals surface area contributed by atoms with Gasteiger partial charge in [-0.3, -0.25) is 0 Å². The number of benzene rings is 1. The van der Waals surface area contributed by atoms with Gasteiger partial charge in [-0.2, -0.15) is 0 Å². The predicted octanol–water partition coefficient (Wildman–Crippen LogP) is 3.14. The van der Waals surface area contributed by atoms with Crippen molar-refractivity contribution in [1.29, 1.82) is 0 Å². The van der Waals surface area contributed by atoms with Crippen molar-refractivity contribution < 1.29 is 0 Å². The van der Waals surface area contributed by atoms with Crippen LogP contribution in [-0.4, -0.2) is 6.04 Å². The highest BCUT2D eigenvalue weighted by Crippen LogP contribution is 2.25. The van der Waals surface area contributed by atoms with Crippen LogP contribution in [0.3, 0.4) is 0 Å². The summed E-state index contributed by atoms with van der Waals surface area (Å²) in [6.45, 7) is 0. The van der Waals surface area contributed by atoms with Crippen LogP contribution in [0.5, 0.6) is 0 Å². The molecule has 2 N–H and O–H groups in total. The molecule has 0 bridgehead atoms. The van der Waals surface area contributed by atoms with E-state index in [0.717, 1.165) is 5.92 Å². The van der Waals surface area contributed by atoms with Gasteiger partial charge in [0.05, 0.1) is 0 Å². The summed E-state index contributed by atoms with van der Waals surface area (Å²) in [7, 11) is 0. The van der Waals surface area contributed by atoms with E-state index < -0.39 is 0 Å². The maximum absolute atomic E-state index is 6.08. The van der Waals surface area contributed by atoms with Crippen LogP contribution in [0.4, 0.5) is 0 Å². The lowest BCUT2D eigenvalue weighted by molar-refractivity contribution is 0.431. The maximum atomic E-state index is 6.08. The molecule has 1 saturated carbocycles. The van der Waals surface area contributed by atoms with E-state index >= 15 is 0 Å². The van der Waals surface area contributed by atoms with Crippen LogP contribution in [0.1, 0.15) is 37.7 Å². The van der Waals surface area contributed by atoms with E-state index in [-0.39, 0.29) is 0 Å². The Morgan fingerprint density at radius 1 is 1.07 bits per heavy atom. The molecule has 0 amide bonds. The predicted molar refractivity (Wildman–Crippen MR) is 64.7 cm³/mol. The SMILES string of the molecule is NC1CCCCC(Cc2ccccc2)C1. The minimum Gasteiger partial charge on any atom is -0.328 e. The van der Waals surface area contributed by atoms with Gasteiger partial charge in [0.25, 0.3) is 0 Å². The molecule has 0 spiro atoms. The van der Waals surface area contributed by atoms with E-state index in [1.165, 1.54) is 44.1 Å². The molecular weight excluding hydrogens is 182 g/mol. The maximum Gasteiger partial charge on any atom is 0.00415 e. The van der Waals surface area contributed by atoms with Gasteiger partial charge in [-0.1, -0.05) is 49.6 Å². The highest BCUT2D eigenvalue weighted by atomic mass is 14.6. The largest absolute Gasteiger partial charge is 0.328 e. The number of nitrogens with two attached hydrogens (primary N) is 1. The van der Waals surface area contributed by atoms with Gasteiger partial charge in [0, 0.05) is 6.04 Å². The molecule has 2 unspecified atom stereocenters. The zero-order chi connectivity index (χ0) is 10.5. The topological polar surface area (TPSA) is 26.0 Å². The molecule has 0 radical (unpaired) electrons. The standard InChI is InChI=1S/C14H21N/c15-14-9-5-4-8-13(11-14)10-12-6-2-1-3-7-12/h1-3,6-7,13-14H,4-5,8-11,15H2. The summed E-state index contributed by atoms with van der Waals surface area (Å²) >= 11 is 0. The first kappa shape index (κ1) is 10.7. The highest BCUT2D eigenvalue weighted by molar-refractivity contribution is 5.15. The minimum absolute atomic E-state index is 0.446. The summed E-state index contributed by atoms with van der Waals surface area (Å²) < 4.78 is 0. The summed E-state index contributed by atoms with van der Waals surface area (Å²) in [5.41, 5.74) is 7.55. The Bertz CT molecular complexity index is 281. The third-order valence-electron chi connectivity index (χ3n) is 3.44. The molecule has 1 nitrogen and oxygen atoms in total. The molecule has 1 aliphatic carbocycles. The molecule has 2 rings (SSSR count). The van der Waals surface area contributed by atoms with Gasteiger partial charge in [-0.15, -0.1) is 0 Å². The highest BCUT2D eigenvalue weighted by Gasteiger charge is 2.17. The van der Waals surface area contributed by atoms with Crippen molar-refractivity contribution in [3.63, 3.8) is 0 Å². The van der Waals surface area contributed by atoms with E-state index in [4.69, 9.17) is 5.73 Å². The number of hydrogen-bond acceptors (Lipinski definition) is 1. The van der Waals surface area contributed by atoms with Gasteiger partial charge in [-0.05, 0) is 30.7 Å². The van der Waals surface area contributed by atoms with Gasteiger partial charge in [0.1, 0.15) is 0 Å². The van der Waals surface area contributed by atoms with Crippen LogP contribution in [0, 0.1) is 5.92 Å². The molecule has 1 aromatic carbocycles. The van der Waals surface area contributed by atoms with Gasteiger partial charge in [0.2, 0.25) is 0 Å². The van der Waals surface area contributed by atoms with Crippen LogP contribution >= 0.6 is 0 Å². The van der Waals surface area contributed by atoms with Crippen molar-refractivity contribution in [1.82, 2.24) is 0 Å². The molecule has 0 saturated heterocycles. The normalized spacial score (nSPS) is 27.3. The summed E-state index contributed by atoms with van der Waals surface area (Å²) in [6, 6.07) is 11.3. The molecule has 1 fully saturated rings. The summed E-state index contributed by atoms with van der Waals surface area (Å²) in [5.74, 6) is 0.810. The second kappa shape index (κ2) is 5.32. The molecule has 1 aliphatic rings. The molecule has 1 heteroatoms. The Balaban J connectivity index is 1.93. The summed E-state index contributed by atoms with van der Waals surface area (Å²) in [6.07, 6.45) is 7.72. The fraction of sp³-hybridized carbons (Fsp3) is 0.571. The fourth-order valence-corrected chi connectivity index (χ4v) is 2.64. The molecule has 15 heavy (non-hydrogen) atoms. The first-order valence-electron chi connectivity index (χ1n) is 6.14. The Morgan fingerprint density at radius 2 is 1.80 bits per heavy atom. The molecule has 82 valence electrons. The summed E-state index contributed by atoms with van der Waals surface area (Å²) in [5, 5.41) is 0. The van der Waals surface area contributed by atoms with E-state index in [1.807, 2.05) is 0 Å². The first-order chi connectivity index (χ1) is 7.34. The Morgan fingerprint density at radius 3 is 2.60 bits per heavy atom. The van der Waals surface area contributed by atoms with Crippen molar-refractivity contribution in [2.24, 2.45) is 11.7 Å². The van der Waals surface area contributed by atoms with Crippen molar-refractivity contribution in [3.8, 4) is 0 Å². The van der Waals surface area contributed by atoms with Crippen molar-refractivity contribution in [3.05, 3.63) is 35.9 Å².